The van der Waals surface area contributed by atoms with Crippen LogP contribution in [0.3, 0.4) is 0 Å². The molecule has 8 atom stereocenters. The number of aliphatic hydroxyl groups excluding tert-OH is 4. The minimum absolute atomic E-state index is 0.0104. The fourth-order valence-electron chi connectivity index (χ4n) is 4.68. The summed E-state index contributed by atoms with van der Waals surface area (Å²) >= 11 is 0. The van der Waals surface area contributed by atoms with Crippen LogP contribution in [0.15, 0.2) is 0 Å². The van der Waals surface area contributed by atoms with Crippen LogP contribution >= 0.6 is 0 Å². The largest absolute Gasteiger partial charge is 0.394 e. The summed E-state index contributed by atoms with van der Waals surface area (Å²) in [5.74, 6) is 0.590. The first-order valence-electron chi connectivity index (χ1n) is 8.18. The summed E-state index contributed by atoms with van der Waals surface area (Å²) in [5, 5.41) is 39.1. The molecular formula is C16H28O6. The summed E-state index contributed by atoms with van der Waals surface area (Å²) in [4.78, 5) is 0. The number of rotatable bonds is 3. The molecule has 0 amide bonds. The van der Waals surface area contributed by atoms with Crippen LogP contribution in [0.2, 0.25) is 0 Å². The Balaban J connectivity index is 1.74. The molecule has 22 heavy (non-hydrogen) atoms. The maximum atomic E-state index is 10.1. The van der Waals surface area contributed by atoms with Crippen molar-refractivity contribution in [2.24, 2.45) is 16.7 Å². The average molecular weight is 316 g/mol. The third-order valence-corrected chi connectivity index (χ3v) is 6.86. The molecule has 6 heteroatoms. The van der Waals surface area contributed by atoms with Crippen LogP contribution in [0.4, 0.5) is 0 Å². The second kappa shape index (κ2) is 5.40. The van der Waals surface area contributed by atoms with Crippen LogP contribution in [0.25, 0.3) is 0 Å². The summed E-state index contributed by atoms with van der Waals surface area (Å²) in [7, 11) is 0. The van der Waals surface area contributed by atoms with Gasteiger partial charge in [-0.1, -0.05) is 20.8 Å². The lowest BCUT2D eigenvalue weighted by Crippen LogP contribution is -2.60. The summed E-state index contributed by atoms with van der Waals surface area (Å²) in [5.41, 5.74) is 0.183. The van der Waals surface area contributed by atoms with E-state index in [1.165, 1.54) is 6.42 Å². The fraction of sp³-hybridized carbons (Fsp3) is 1.00. The summed E-state index contributed by atoms with van der Waals surface area (Å²) < 4.78 is 11.5. The third kappa shape index (κ3) is 2.16. The Kier molecular flexibility index (Phi) is 4.07. The van der Waals surface area contributed by atoms with Gasteiger partial charge in [0.2, 0.25) is 0 Å². The van der Waals surface area contributed by atoms with Crippen molar-refractivity contribution in [3.05, 3.63) is 0 Å². The first-order chi connectivity index (χ1) is 10.2. The quantitative estimate of drug-likeness (QED) is 0.586. The highest BCUT2D eigenvalue weighted by molar-refractivity contribution is 5.11. The van der Waals surface area contributed by atoms with Gasteiger partial charge in [0.05, 0.1) is 12.7 Å². The Labute approximate surface area is 131 Å². The Hall–Kier alpha value is -0.240. The highest BCUT2D eigenvalue weighted by Crippen LogP contribution is 2.66. The number of hydrogen-bond donors (Lipinski definition) is 4. The molecule has 1 saturated heterocycles. The molecule has 0 aromatic carbocycles. The zero-order valence-corrected chi connectivity index (χ0v) is 13.5. The van der Waals surface area contributed by atoms with Crippen LogP contribution < -0.4 is 0 Å². The topological polar surface area (TPSA) is 99.4 Å². The maximum Gasteiger partial charge on any atom is 0.186 e. The van der Waals surface area contributed by atoms with E-state index in [4.69, 9.17) is 9.47 Å². The van der Waals surface area contributed by atoms with Crippen molar-refractivity contribution >= 4 is 0 Å². The van der Waals surface area contributed by atoms with Gasteiger partial charge in [0.25, 0.3) is 0 Å². The van der Waals surface area contributed by atoms with Gasteiger partial charge in [0.1, 0.15) is 24.4 Å². The summed E-state index contributed by atoms with van der Waals surface area (Å²) in [6.45, 7) is 6.32. The SMILES string of the molecule is CC1(C)[C@H]2CC[C@]1(C)[C@@H](O[C@H]1O[C@@H](CO)[C@H](O)[C@@H](O)[C@@H]1O)C2. The van der Waals surface area contributed by atoms with Crippen molar-refractivity contribution in [2.45, 2.75) is 76.8 Å². The zero-order valence-electron chi connectivity index (χ0n) is 13.5. The van der Waals surface area contributed by atoms with E-state index in [2.05, 4.69) is 20.8 Å². The van der Waals surface area contributed by atoms with E-state index in [0.717, 1.165) is 12.8 Å². The van der Waals surface area contributed by atoms with Gasteiger partial charge in [-0.05, 0) is 36.0 Å². The molecule has 6 nitrogen and oxygen atoms in total. The lowest BCUT2D eigenvalue weighted by atomic mass is 9.70. The number of fused-ring (bicyclic) bond motifs is 2. The van der Waals surface area contributed by atoms with Crippen LogP contribution in [0.5, 0.6) is 0 Å². The predicted octanol–water partition coefficient (Wildman–Crippen LogP) is 0.0177. The van der Waals surface area contributed by atoms with Crippen molar-refractivity contribution < 1.29 is 29.9 Å². The third-order valence-electron chi connectivity index (χ3n) is 6.86. The van der Waals surface area contributed by atoms with E-state index >= 15 is 0 Å². The van der Waals surface area contributed by atoms with Gasteiger partial charge in [-0.15, -0.1) is 0 Å². The first-order valence-corrected chi connectivity index (χ1v) is 8.18. The molecule has 2 aliphatic carbocycles. The zero-order chi connectivity index (χ0) is 16.3. The van der Waals surface area contributed by atoms with Gasteiger partial charge in [0, 0.05) is 0 Å². The Morgan fingerprint density at radius 2 is 1.77 bits per heavy atom. The molecule has 128 valence electrons. The van der Waals surface area contributed by atoms with E-state index in [0.29, 0.717) is 5.92 Å². The normalized spacial score (nSPS) is 53.9. The molecule has 4 N–H and O–H groups in total. The molecule has 2 saturated carbocycles. The number of hydrogen-bond acceptors (Lipinski definition) is 6. The molecule has 0 spiro atoms. The molecule has 3 aliphatic rings. The highest BCUT2D eigenvalue weighted by atomic mass is 16.7. The molecule has 0 aromatic heterocycles. The average Bonchev–Trinajstić information content (AvgIpc) is 2.81. The lowest BCUT2D eigenvalue weighted by molar-refractivity contribution is -0.319. The van der Waals surface area contributed by atoms with Gasteiger partial charge in [0.15, 0.2) is 6.29 Å². The van der Waals surface area contributed by atoms with E-state index in [1.807, 2.05) is 0 Å². The molecule has 1 heterocycles. The molecule has 0 unspecified atom stereocenters. The van der Waals surface area contributed by atoms with E-state index in [9.17, 15) is 20.4 Å². The highest BCUT2D eigenvalue weighted by Gasteiger charge is 2.63. The van der Waals surface area contributed by atoms with Gasteiger partial charge in [-0.2, -0.15) is 0 Å². The predicted molar refractivity (Wildman–Crippen MR) is 77.9 cm³/mol. The Bertz CT molecular complexity index is 425. The Morgan fingerprint density at radius 3 is 2.27 bits per heavy atom. The maximum absolute atomic E-state index is 10.1. The molecular weight excluding hydrogens is 288 g/mol. The fourth-order valence-corrected chi connectivity index (χ4v) is 4.68. The van der Waals surface area contributed by atoms with Gasteiger partial charge >= 0.3 is 0 Å². The minimum Gasteiger partial charge on any atom is -0.394 e. The van der Waals surface area contributed by atoms with E-state index in [1.54, 1.807) is 0 Å². The van der Waals surface area contributed by atoms with E-state index in [-0.39, 0.29) is 16.9 Å². The smallest absolute Gasteiger partial charge is 0.186 e. The standard InChI is InChI=1S/C16H28O6/c1-15(2)8-4-5-16(15,3)10(6-8)22-14-13(20)12(19)11(18)9(7-17)21-14/h8-14,17-20H,4-7H2,1-3H3/t8-,9-,10-,11-,12+,13-,14+,16+/m0/s1. The summed E-state index contributed by atoms with van der Waals surface area (Å²) in [6.07, 6.45) is -2.84. The molecule has 1 aliphatic heterocycles. The van der Waals surface area contributed by atoms with E-state index < -0.39 is 37.3 Å². The molecule has 0 aromatic rings. The second-order valence-electron chi connectivity index (χ2n) is 7.93. The second-order valence-corrected chi connectivity index (χ2v) is 7.93. The van der Waals surface area contributed by atoms with Gasteiger partial charge in [-0.3, -0.25) is 0 Å². The lowest BCUT2D eigenvalue weighted by Gasteiger charge is -2.44. The monoisotopic (exact) mass is 316 g/mol. The molecule has 3 fully saturated rings. The Morgan fingerprint density at radius 1 is 1.09 bits per heavy atom. The molecule has 0 radical (unpaired) electrons. The van der Waals surface area contributed by atoms with Crippen LogP contribution in [0.1, 0.15) is 40.0 Å². The number of ether oxygens (including phenoxy) is 2. The van der Waals surface area contributed by atoms with Crippen molar-refractivity contribution in [1.82, 2.24) is 0 Å². The number of aliphatic hydroxyl groups is 4. The van der Waals surface area contributed by atoms with Gasteiger partial charge in [-0.25, -0.2) is 0 Å². The van der Waals surface area contributed by atoms with Crippen LogP contribution in [0, 0.1) is 16.7 Å². The van der Waals surface area contributed by atoms with Crippen molar-refractivity contribution in [3.8, 4) is 0 Å². The van der Waals surface area contributed by atoms with Crippen molar-refractivity contribution in [1.29, 1.82) is 0 Å². The van der Waals surface area contributed by atoms with Gasteiger partial charge < -0.3 is 29.9 Å². The first kappa shape index (κ1) is 16.6. The van der Waals surface area contributed by atoms with Crippen LogP contribution in [-0.4, -0.2) is 63.8 Å². The van der Waals surface area contributed by atoms with Crippen molar-refractivity contribution in [3.63, 3.8) is 0 Å². The van der Waals surface area contributed by atoms with Crippen LogP contribution in [-0.2, 0) is 9.47 Å². The molecule has 2 bridgehead atoms. The minimum atomic E-state index is -1.38. The molecule has 3 rings (SSSR count). The summed E-state index contributed by atoms with van der Waals surface area (Å²) in [6, 6.07) is 0. The van der Waals surface area contributed by atoms with Crippen molar-refractivity contribution in [2.75, 3.05) is 6.61 Å².